The fourth-order valence-electron chi connectivity index (χ4n) is 5.85. The van der Waals surface area contributed by atoms with Crippen molar-refractivity contribution >= 4 is 17.8 Å². The Balaban J connectivity index is 0.000000541. The number of aliphatic carboxylic acids is 1. The van der Waals surface area contributed by atoms with Gasteiger partial charge < -0.3 is 34.1 Å². The molecule has 2 N–H and O–H groups in total. The Kier molecular flexibility index (Phi) is 9.61. The van der Waals surface area contributed by atoms with E-state index in [0.717, 1.165) is 37.0 Å². The number of fused-ring (bicyclic) bond motifs is 3. The highest BCUT2D eigenvalue weighted by Crippen LogP contribution is 2.38. The van der Waals surface area contributed by atoms with Crippen LogP contribution in [0, 0.1) is 5.92 Å². The lowest BCUT2D eigenvalue weighted by Crippen LogP contribution is -2.66. The SMILES string of the molecule is Cn1cccc1C(=O)NCC[N+]12CCC(CC1)[C@@H](OC(=O)C(O)(c1ccccc1)c1ccccc1)C2.O=C([O-])C(F)(F)F. The molecule has 0 spiro atoms. The molecule has 1 atom stereocenters. The second-order valence-corrected chi connectivity index (χ2v) is 11.0. The van der Waals surface area contributed by atoms with Gasteiger partial charge in [-0.1, -0.05) is 60.7 Å². The number of alkyl halides is 3. The molecule has 12 heteroatoms. The zero-order valence-corrected chi connectivity index (χ0v) is 23.6. The number of rotatable bonds is 8. The zero-order chi connectivity index (χ0) is 31.3. The molecule has 3 aliphatic heterocycles. The standard InChI is InChI=1S/C29H33N3O4.C2HF3O2/c1-31-17-8-13-25(31)27(33)30-16-20-32-18-14-22(15-19-32)26(21-32)36-28(34)29(35,23-9-4-2-5-10-23)24-11-6-3-7-12-24;3-2(4,5)1(6)7/h2-13,17,22,26,35H,14-16,18-21H2,1H3;(H,6,7)/t22?,26-,32?;/m0./s1. The number of nitrogens with one attached hydrogen (secondary N) is 1. The average Bonchev–Trinajstić information content (AvgIpc) is 3.43. The van der Waals surface area contributed by atoms with E-state index in [9.17, 15) is 27.9 Å². The van der Waals surface area contributed by atoms with Crippen LogP contribution >= 0.6 is 0 Å². The molecular weight excluding hydrogens is 567 g/mol. The Labute approximate surface area is 247 Å². The van der Waals surface area contributed by atoms with Crippen LogP contribution in [0.25, 0.3) is 0 Å². The van der Waals surface area contributed by atoms with E-state index in [4.69, 9.17) is 14.6 Å². The summed E-state index contributed by atoms with van der Waals surface area (Å²) in [5, 5.41) is 23.6. The summed E-state index contributed by atoms with van der Waals surface area (Å²) in [5.74, 6) is -3.42. The van der Waals surface area contributed by atoms with Crippen molar-refractivity contribution < 1.29 is 47.0 Å². The first-order valence-corrected chi connectivity index (χ1v) is 13.9. The zero-order valence-electron chi connectivity index (χ0n) is 23.6. The summed E-state index contributed by atoms with van der Waals surface area (Å²) >= 11 is 0. The molecular formula is C31H34F3N3O6. The van der Waals surface area contributed by atoms with Gasteiger partial charge in [0.1, 0.15) is 18.2 Å². The quantitative estimate of drug-likeness (QED) is 0.302. The molecule has 4 heterocycles. The normalized spacial score (nSPS) is 21.3. The summed E-state index contributed by atoms with van der Waals surface area (Å²) in [4.78, 5) is 35.0. The second-order valence-electron chi connectivity index (χ2n) is 11.0. The summed E-state index contributed by atoms with van der Waals surface area (Å²) in [5.41, 5.74) is -0.243. The van der Waals surface area contributed by atoms with Gasteiger partial charge in [-0.2, -0.15) is 13.2 Å². The summed E-state index contributed by atoms with van der Waals surface area (Å²) < 4.78 is 40.3. The van der Waals surface area contributed by atoms with Gasteiger partial charge in [-0.05, 0) is 23.3 Å². The minimum Gasteiger partial charge on any atom is -0.542 e. The van der Waals surface area contributed by atoms with E-state index in [2.05, 4.69) is 5.32 Å². The van der Waals surface area contributed by atoms with Gasteiger partial charge in [0.15, 0.2) is 6.10 Å². The highest BCUT2D eigenvalue weighted by atomic mass is 19.4. The van der Waals surface area contributed by atoms with E-state index in [1.54, 1.807) is 24.3 Å². The van der Waals surface area contributed by atoms with Crippen LogP contribution in [0.15, 0.2) is 79.0 Å². The van der Waals surface area contributed by atoms with E-state index in [1.165, 1.54) is 0 Å². The number of carbonyl (C=O) groups excluding carboxylic acids is 3. The molecule has 3 aliphatic rings. The predicted octanol–water partition coefficient (Wildman–Crippen LogP) is 2.14. The van der Waals surface area contributed by atoms with Gasteiger partial charge in [0.2, 0.25) is 5.60 Å². The number of nitrogens with zero attached hydrogens (tertiary/aromatic N) is 2. The van der Waals surface area contributed by atoms with E-state index < -0.39 is 23.7 Å². The van der Waals surface area contributed by atoms with Crippen molar-refractivity contribution in [3.8, 4) is 0 Å². The topological polar surface area (TPSA) is 121 Å². The molecule has 0 radical (unpaired) electrons. The molecule has 9 nitrogen and oxygen atoms in total. The van der Waals surface area contributed by atoms with Crippen molar-refractivity contribution in [1.29, 1.82) is 0 Å². The number of hydrogen-bond acceptors (Lipinski definition) is 6. The van der Waals surface area contributed by atoms with Crippen molar-refractivity contribution in [1.82, 2.24) is 9.88 Å². The number of carboxylic acid groups (broad SMARTS) is 1. The third-order valence-corrected chi connectivity index (χ3v) is 8.26. The van der Waals surface area contributed by atoms with Crippen LogP contribution in [0.4, 0.5) is 13.2 Å². The van der Waals surface area contributed by atoms with Crippen LogP contribution < -0.4 is 10.4 Å². The highest BCUT2D eigenvalue weighted by Gasteiger charge is 2.50. The smallest absolute Gasteiger partial charge is 0.430 e. The number of halogens is 3. The molecule has 0 unspecified atom stereocenters. The Morgan fingerprint density at radius 2 is 1.51 bits per heavy atom. The van der Waals surface area contributed by atoms with Crippen LogP contribution in [0.2, 0.25) is 0 Å². The van der Waals surface area contributed by atoms with Gasteiger partial charge in [0.05, 0.1) is 26.2 Å². The van der Waals surface area contributed by atoms with Gasteiger partial charge in [-0.3, -0.25) is 4.79 Å². The van der Waals surface area contributed by atoms with E-state index in [0.29, 0.717) is 35.8 Å². The fraction of sp³-hybridized carbons (Fsp3) is 0.387. The molecule has 2 aromatic carbocycles. The number of aromatic nitrogens is 1. The lowest BCUT2D eigenvalue weighted by Gasteiger charge is -2.52. The summed E-state index contributed by atoms with van der Waals surface area (Å²) in [6.07, 6.45) is -1.66. The number of amides is 1. The molecule has 1 aromatic heterocycles. The highest BCUT2D eigenvalue weighted by molar-refractivity contribution is 5.92. The lowest BCUT2D eigenvalue weighted by atomic mass is 9.82. The predicted molar refractivity (Wildman–Crippen MR) is 147 cm³/mol. The van der Waals surface area contributed by atoms with Crippen molar-refractivity contribution in [2.24, 2.45) is 13.0 Å². The maximum atomic E-state index is 13.6. The number of quaternary nitrogens is 1. The molecule has 3 fully saturated rings. The molecule has 43 heavy (non-hydrogen) atoms. The first-order chi connectivity index (χ1) is 20.4. The molecule has 0 aliphatic carbocycles. The molecule has 0 saturated carbocycles. The Bertz CT molecular complexity index is 1360. The van der Waals surface area contributed by atoms with Gasteiger partial charge in [0, 0.05) is 32.0 Å². The number of carbonyl (C=O) groups is 3. The maximum absolute atomic E-state index is 13.6. The Morgan fingerprint density at radius 1 is 0.977 bits per heavy atom. The van der Waals surface area contributed by atoms with Crippen molar-refractivity contribution in [3.05, 3.63) is 95.8 Å². The number of piperidine rings is 3. The number of benzene rings is 2. The molecule has 3 aromatic rings. The number of hydrogen-bond donors (Lipinski definition) is 2. The number of aryl methyl sites for hydroxylation is 1. The monoisotopic (exact) mass is 601 g/mol. The van der Waals surface area contributed by atoms with E-state index in [-0.39, 0.29) is 12.0 Å². The van der Waals surface area contributed by atoms with Crippen molar-refractivity contribution in [2.45, 2.75) is 30.7 Å². The summed E-state index contributed by atoms with van der Waals surface area (Å²) in [6.45, 7) is 4.09. The summed E-state index contributed by atoms with van der Waals surface area (Å²) in [7, 11) is 1.86. The minimum absolute atomic E-state index is 0.0774. The first kappa shape index (κ1) is 31.8. The minimum atomic E-state index is -5.19. The largest absolute Gasteiger partial charge is 0.542 e. The molecule has 2 bridgehead atoms. The van der Waals surface area contributed by atoms with E-state index in [1.807, 2.05) is 66.3 Å². The fourth-order valence-corrected chi connectivity index (χ4v) is 5.85. The molecule has 1 amide bonds. The number of carboxylic acids is 1. The number of aliphatic hydroxyl groups is 1. The van der Waals surface area contributed by atoms with Crippen LogP contribution in [-0.2, 0) is 27.0 Å². The molecule has 230 valence electrons. The van der Waals surface area contributed by atoms with Crippen molar-refractivity contribution in [3.63, 3.8) is 0 Å². The second kappa shape index (κ2) is 13.0. The van der Waals surface area contributed by atoms with Gasteiger partial charge in [-0.25, -0.2) is 4.79 Å². The first-order valence-electron chi connectivity index (χ1n) is 13.9. The van der Waals surface area contributed by atoms with Crippen molar-refractivity contribution in [2.75, 3.05) is 32.7 Å². The third-order valence-electron chi connectivity index (χ3n) is 8.26. The third kappa shape index (κ3) is 7.26. The average molecular weight is 602 g/mol. The van der Waals surface area contributed by atoms with E-state index >= 15 is 0 Å². The van der Waals surface area contributed by atoms with Gasteiger partial charge >= 0.3 is 12.1 Å². The lowest BCUT2D eigenvalue weighted by molar-refractivity contribution is -0.945. The molecule has 3 saturated heterocycles. The van der Waals surface area contributed by atoms with Crippen LogP contribution in [0.1, 0.15) is 34.5 Å². The summed E-state index contributed by atoms with van der Waals surface area (Å²) in [6, 6.07) is 21.7. The Hall–Kier alpha value is -4.16. The number of ether oxygens (including phenoxy) is 1. The van der Waals surface area contributed by atoms with Crippen LogP contribution in [0.3, 0.4) is 0 Å². The maximum Gasteiger partial charge on any atom is 0.430 e. The Morgan fingerprint density at radius 3 is 1.98 bits per heavy atom. The van der Waals surface area contributed by atoms with Gasteiger partial charge in [-0.15, -0.1) is 0 Å². The van der Waals surface area contributed by atoms with Crippen LogP contribution in [-0.4, -0.2) is 77.0 Å². The van der Waals surface area contributed by atoms with Crippen LogP contribution in [0.5, 0.6) is 0 Å². The molecule has 6 rings (SSSR count). The number of esters is 1. The van der Waals surface area contributed by atoms with Gasteiger partial charge in [0.25, 0.3) is 5.91 Å².